The smallest absolute Gasteiger partial charge is 0.268 e. The van der Waals surface area contributed by atoms with Gasteiger partial charge in [-0.15, -0.1) is 0 Å². The van der Waals surface area contributed by atoms with Crippen molar-refractivity contribution in [2.75, 3.05) is 0 Å². The molecular weight excluding hydrogens is 164 g/mol. The molecule has 0 fully saturated rings. The van der Waals surface area contributed by atoms with Gasteiger partial charge in [0, 0.05) is 18.9 Å². The Bertz CT molecular complexity index is 322. The summed E-state index contributed by atoms with van der Waals surface area (Å²) in [5.41, 5.74) is 0.245. The van der Waals surface area contributed by atoms with E-state index >= 15 is 0 Å². The van der Waals surface area contributed by atoms with Crippen molar-refractivity contribution in [2.24, 2.45) is 5.41 Å². The van der Waals surface area contributed by atoms with E-state index in [0.717, 1.165) is 13.0 Å². The summed E-state index contributed by atoms with van der Waals surface area (Å²) in [5, 5.41) is 0. The van der Waals surface area contributed by atoms with Crippen LogP contribution in [0.1, 0.15) is 27.2 Å². The molecule has 0 aliphatic rings. The first-order valence-corrected chi connectivity index (χ1v) is 4.49. The van der Waals surface area contributed by atoms with Crippen molar-refractivity contribution in [1.29, 1.82) is 0 Å². The van der Waals surface area contributed by atoms with E-state index in [4.69, 9.17) is 0 Å². The van der Waals surface area contributed by atoms with Crippen LogP contribution in [0.4, 0.5) is 0 Å². The molecule has 3 nitrogen and oxygen atoms in total. The summed E-state index contributed by atoms with van der Waals surface area (Å²) in [6.07, 6.45) is 5.72. The van der Waals surface area contributed by atoms with Crippen molar-refractivity contribution in [1.82, 2.24) is 9.55 Å². The summed E-state index contributed by atoms with van der Waals surface area (Å²) < 4.78 is 1.69. The third kappa shape index (κ3) is 3.40. The van der Waals surface area contributed by atoms with Crippen molar-refractivity contribution < 1.29 is 0 Å². The number of hydrogen-bond acceptors (Lipinski definition) is 2. The molecule has 0 aliphatic carbocycles. The maximum atomic E-state index is 11.2. The summed E-state index contributed by atoms with van der Waals surface area (Å²) in [6.45, 7) is 7.27. The maximum absolute atomic E-state index is 11.2. The molecule has 0 saturated heterocycles. The van der Waals surface area contributed by atoms with Crippen LogP contribution in [-0.2, 0) is 6.54 Å². The second-order valence-electron chi connectivity index (χ2n) is 4.42. The second kappa shape index (κ2) is 3.73. The van der Waals surface area contributed by atoms with E-state index in [1.165, 1.54) is 6.20 Å². The quantitative estimate of drug-likeness (QED) is 0.694. The fourth-order valence-corrected chi connectivity index (χ4v) is 1.01. The minimum Gasteiger partial charge on any atom is -0.313 e. The van der Waals surface area contributed by atoms with Gasteiger partial charge < -0.3 is 4.57 Å². The number of rotatable bonds is 2. The Balaban J connectivity index is 2.66. The molecule has 0 aliphatic heterocycles. The lowest BCUT2D eigenvalue weighted by molar-refractivity contribution is 0.347. The van der Waals surface area contributed by atoms with Gasteiger partial charge in [0.2, 0.25) is 0 Å². The Labute approximate surface area is 78.4 Å². The van der Waals surface area contributed by atoms with Crippen LogP contribution < -0.4 is 5.56 Å². The summed E-state index contributed by atoms with van der Waals surface area (Å²) in [4.78, 5) is 15.0. The van der Waals surface area contributed by atoms with E-state index in [1.54, 1.807) is 17.0 Å². The minimum absolute atomic E-state index is 0.0215. The molecule has 72 valence electrons. The molecule has 1 heterocycles. The molecule has 1 aromatic heterocycles. The van der Waals surface area contributed by atoms with Crippen molar-refractivity contribution in [3.8, 4) is 0 Å². The van der Waals surface area contributed by atoms with Crippen molar-refractivity contribution in [2.45, 2.75) is 33.7 Å². The van der Waals surface area contributed by atoms with Crippen LogP contribution in [-0.4, -0.2) is 9.55 Å². The zero-order chi connectivity index (χ0) is 9.90. The van der Waals surface area contributed by atoms with Gasteiger partial charge in [0.25, 0.3) is 5.56 Å². The Hall–Kier alpha value is -1.12. The maximum Gasteiger partial charge on any atom is 0.268 e. The Morgan fingerprint density at radius 2 is 2.15 bits per heavy atom. The summed E-state index contributed by atoms with van der Waals surface area (Å²) in [7, 11) is 0. The van der Waals surface area contributed by atoms with Gasteiger partial charge in [0.15, 0.2) is 0 Å². The molecule has 0 amide bonds. The van der Waals surface area contributed by atoms with Crippen LogP contribution in [0.3, 0.4) is 0 Å². The van der Waals surface area contributed by atoms with Gasteiger partial charge in [-0.05, 0) is 11.8 Å². The highest BCUT2D eigenvalue weighted by molar-refractivity contribution is 4.80. The molecule has 0 unspecified atom stereocenters. The van der Waals surface area contributed by atoms with Crippen molar-refractivity contribution in [3.05, 3.63) is 28.9 Å². The van der Waals surface area contributed by atoms with Gasteiger partial charge in [-0.1, -0.05) is 20.8 Å². The lowest BCUT2D eigenvalue weighted by Gasteiger charge is -2.18. The fourth-order valence-electron chi connectivity index (χ4n) is 1.01. The van der Waals surface area contributed by atoms with E-state index in [-0.39, 0.29) is 11.0 Å². The zero-order valence-electron chi connectivity index (χ0n) is 8.45. The Morgan fingerprint density at radius 1 is 1.46 bits per heavy atom. The Morgan fingerprint density at radius 3 is 2.69 bits per heavy atom. The standard InChI is InChI=1S/C10H16N2O/c1-10(2,3)4-6-12-7-5-11-8-9(12)13/h5,7-8H,4,6H2,1-3H3. The predicted molar refractivity (Wildman–Crippen MR) is 52.6 cm³/mol. The molecule has 0 atom stereocenters. The van der Waals surface area contributed by atoms with Crippen LogP contribution in [0.5, 0.6) is 0 Å². The van der Waals surface area contributed by atoms with Gasteiger partial charge >= 0.3 is 0 Å². The molecule has 0 bridgehead atoms. The summed E-state index contributed by atoms with van der Waals surface area (Å²) in [6, 6.07) is 0. The predicted octanol–water partition coefficient (Wildman–Crippen LogP) is 1.68. The third-order valence-corrected chi connectivity index (χ3v) is 1.90. The highest BCUT2D eigenvalue weighted by Gasteiger charge is 2.09. The normalized spacial score (nSPS) is 11.6. The number of nitrogens with zero attached hydrogens (tertiary/aromatic N) is 2. The van der Waals surface area contributed by atoms with E-state index < -0.39 is 0 Å². The average molecular weight is 180 g/mol. The SMILES string of the molecule is CC(C)(C)CCn1ccncc1=O. The molecule has 1 rings (SSSR count). The highest BCUT2D eigenvalue weighted by atomic mass is 16.1. The zero-order valence-corrected chi connectivity index (χ0v) is 8.45. The first kappa shape index (κ1) is 9.96. The van der Waals surface area contributed by atoms with E-state index in [9.17, 15) is 4.79 Å². The topological polar surface area (TPSA) is 34.9 Å². The van der Waals surface area contributed by atoms with Gasteiger partial charge in [0.1, 0.15) is 0 Å². The average Bonchev–Trinajstić information content (AvgIpc) is 2.01. The van der Waals surface area contributed by atoms with Crippen LogP contribution in [0.15, 0.2) is 23.4 Å². The molecule has 13 heavy (non-hydrogen) atoms. The van der Waals surface area contributed by atoms with Gasteiger partial charge in [-0.2, -0.15) is 0 Å². The molecule has 0 radical (unpaired) electrons. The lowest BCUT2D eigenvalue weighted by Crippen LogP contribution is -2.21. The van der Waals surface area contributed by atoms with Gasteiger partial charge in [-0.3, -0.25) is 9.78 Å². The first-order valence-electron chi connectivity index (χ1n) is 4.49. The molecule has 0 aromatic carbocycles. The third-order valence-electron chi connectivity index (χ3n) is 1.90. The van der Waals surface area contributed by atoms with Gasteiger partial charge in [0.05, 0.1) is 6.20 Å². The van der Waals surface area contributed by atoms with Crippen LogP contribution in [0, 0.1) is 5.41 Å². The summed E-state index contributed by atoms with van der Waals surface area (Å²) >= 11 is 0. The summed E-state index contributed by atoms with van der Waals surface area (Å²) in [5.74, 6) is 0. The van der Waals surface area contributed by atoms with Gasteiger partial charge in [-0.25, -0.2) is 0 Å². The molecule has 0 spiro atoms. The number of aromatic nitrogens is 2. The minimum atomic E-state index is -0.0215. The molecule has 0 saturated carbocycles. The number of aryl methyl sites for hydroxylation is 1. The molecule has 1 aromatic rings. The van der Waals surface area contributed by atoms with Crippen LogP contribution in [0.25, 0.3) is 0 Å². The van der Waals surface area contributed by atoms with Crippen molar-refractivity contribution in [3.63, 3.8) is 0 Å². The lowest BCUT2D eigenvalue weighted by atomic mass is 9.92. The largest absolute Gasteiger partial charge is 0.313 e. The second-order valence-corrected chi connectivity index (χ2v) is 4.42. The van der Waals surface area contributed by atoms with E-state index in [2.05, 4.69) is 25.8 Å². The Kier molecular flexibility index (Phi) is 2.86. The fraction of sp³-hybridized carbons (Fsp3) is 0.600. The van der Waals surface area contributed by atoms with E-state index in [1.807, 2.05) is 0 Å². The molecular formula is C10H16N2O. The van der Waals surface area contributed by atoms with Crippen LogP contribution in [0.2, 0.25) is 0 Å². The number of hydrogen-bond donors (Lipinski definition) is 0. The monoisotopic (exact) mass is 180 g/mol. The van der Waals surface area contributed by atoms with Crippen LogP contribution >= 0.6 is 0 Å². The molecule has 0 N–H and O–H groups in total. The first-order chi connectivity index (χ1) is 5.99. The highest BCUT2D eigenvalue weighted by Crippen LogP contribution is 2.18. The molecule has 3 heteroatoms. The van der Waals surface area contributed by atoms with E-state index in [0.29, 0.717) is 0 Å². The van der Waals surface area contributed by atoms with Crippen molar-refractivity contribution >= 4 is 0 Å².